The van der Waals surface area contributed by atoms with Crippen LogP contribution >= 0.6 is 7.82 Å². The molecule has 3 unspecified atom stereocenters. The number of hydrogen-bond donors (Lipinski definition) is 2. The number of allylic oxidation sites excluding steroid dienone is 11. The number of quaternary nitrogens is 1. The van der Waals surface area contributed by atoms with Gasteiger partial charge in [-0.15, -0.1) is 0 Å². The van der Waals surface area contributed by atoms with Crippen molar-refractivity contribution in [2.75, 3.05) is 40.9 Å². The highest BCUT2D eigenvalue weighted by Gasteiger charge is 2.30. The SMILES string of the molecule is CCCCC/C=C\C/C=C\C/C=C\CCCCCCCCCCCCC(=O)OC(/C=C\CCCCCCCCCCCC)C(COP(=O)(O)OCC[N+](C)(C)C)NC(=O)CCCCC/C=C/C=C/CCCCCCCCC. The number of unbranched alkanes of at least 4 members (excludes halogenated alkanes) is 33. The average molecular weight is 1100 g/mol. The van der Waals surface area contributed by atoms with E-state index in [2.05, 4.69) is 86.8 Å². The molecule has 0 aromatic heterocycles. The summed E-state index contributed by atoms with van der Waals surface area (Å²) < 4.78 is 30.7. The largest absolute Gasteiger partial charge is 0.472 e. The second-order valence-corrected chi connectivity index (χ2v) is 24.4. The van der Waals surface area contributed by atoms with Crippen LogP contribution in [0.2, 0.25) is 0 Å². The first-order chi connectivity index (χ1) is 37.4. The Hall–Kier alpha value is -2.55. The van der Waals surface area contributed by atoms with Crippen LogP contribution in [-0.4, -0.2) is 74.3 Å². The number of nitrogens with one attached hydrogen (secondary N) is 1. The van der Waals surface area contributed by atoms with Crippen LogP contribution in [0.5, 0.6) is 0 Å². The van der Waals surface area contributed by atoms with Gasteiger partial charge >= 0.3 is 13.8 Å². The molecule has 77 heavy (non-hydrogen) atoms. The van der Waals surface area contributed by atoms with E-state index < -0.39 is 20.0 Å². The van der Waals surface area contributed by atoms with Crippen LogP contribution in [0.15, 0.2) is 72.9 Å². The summed E-state index contributed by atoms with van der Waals surface area (Å²) >= 11 is 0. The third-order valence-corrected chi connectivity index (χ3v) is 15.1. The second-order valence-electron chi connectivity index (χ2n) is 23.0. The van der Waals surface area contributed by atoms with Gasteiger partial charge in [-0.3, -0.25) is 18.6 Å². The van der Waals surface area contributed by atoms with E-state index in [-0.39, 0.29) is 31.5 Å². The highest BCUT2D eigenvalue weighted by atomic mass is 31.2. The highest BCUT2D eigenvalue weighted by molar-refractivity contribution is 7.47. The third-order valence-electron chi connectivity index (χ3n) is 14.1. The summed E-state index contributed by atoms with van der Waals surface area (Å²) in [5.74, 6) is -0.536. The Morgan fingerprint density at radius 1 is 0.468 bits per heavy atom. The normalized spacial score (nSPS) is 14.1. The van der Waals surface area contributed by atoms with Crippen molar-refractivity contribution in [3.05, 3.63) is 72.9 Å². The minimum atomic E-state index is -4.46. The lowest BCUT2D eigenvalue weighted by atomic mass is 10.0. The van der Waals surface area contributed by atoms with Gasteiger partial charge in [0.2, 0.25) is 5.91 Å². The number of likely N-dealkylation sites (N-methyl/N-ethyl adjacent to an activating group) is 1. The Bertz CT molecular complexity index is 1550. The third kappa shape index (κ3) is 57.9. The molecule has 0 bridgehead atoms. The maximum atomic E-state index is 13.5. The van der Waals surface area contributed by atoms with Crippen LogP contribution in [-0.2, 0) is 27.9 Å². The van der Waals surface area contributed by atoms with Crippen molar-refractivity contribution >= 4 is 19.7 Å². The monoisotopic (exact) mass is 1100 g/mol. The highest BCUT2D eigenvalue weighted by Crippen LogP contribution is 2.43. The van der Waals surface area contributed by atoms with Gasteiger partial charge in [-0.25, -0.2) is 4.57 Å². The van der Waals surface area contributed by atoms with E-state index >= 15 is 0 Å². The number of amides is 1. The maximum Gasteiger partial charge on any atom is 0.472 e. The minimum absolute atomic E-state index is 0.0327. The molecule has 0 aromatic rings. The van der Waals surface area contributed by atoms with Crippen LogP contribution in [0.3, 0.4) is 0 Å². The zero-order valence-electron chi connectivity index (χ0n) is 51.2. The molecular weight excluding hydrogens is 976 g/mol. The van der Waals surface area contributed by atoms with Gasteiger partial charge in [0.25, 0.3) is 0 Å². The molecule has 2 N–H and O–H groups in total. The van der Waals surface area contributed by atoms with E-state index in [0.29, 0.717) is 23.9 Å². The van der Waals surface area contributed by atoms with Crippen molar-refractivity contribution in [2.45, 2.75) is 303 Å². The molecule has 0 rings (SSSR count). The lowest BCUT2D eigenvalue weighted by molar-refractivity contribution is -0.870. The quantitative estimate of drug-likeness (QED) is 0.0156. The molecule has 0 fully saturated rings. The van der Waals surface area contributed by atoms with Gasteiger partial charge in [0.05, 0.1) is 33.8 Å². The van der Waals surface area contributed by atoms with E-state index in [1.54, 1.807) is 0 Å². The zero-order valence-corrected chi connectivity index (χ0v) is 52.1. The van der Waals surface area contributed by atoms with Gasteiger partial charge in [-0.1, -0.05) is 255 Å². The molecule has 0 spiro atoms. The van der Waals surface area contributed by atoms with Crippen molar-refractivity contribution in [3.63, 3.8) is 0 Å². The molecule has 0 radical (unpaired) electrons. The number of rotatable bonds is 58. The predicted molar refractivity (Wildman–Crippen MR) is 332 cm³/mol. The van der Waals surface area contributed by atoms with Gasteiger partial charge in [0.15, 0.2) is 0 Å². The number of hydrogen-bond acceptors (Lipinski definition) is 6. The summed E-state index contributed by atoms with van der Waals surface area (Å²) in [6.45, 7) is 6.97. The maximum absolute atomic E-state index is 13.5. The van der Waals surface area contributed by atoms with Gasteiger partial charge in [0, 0.05) is 12.8 Å². The summed E-state index contributed by atoms with van der Waals surface area (Å²) in [5.41, 5.74) is 0. The van der Waals surface area contributed by atoms with Crippen molar-refractivity contribution in [1.82, 2.24) is 5.32 Å². The van der Waals surface area contributed by atoms with Gasteiger partial charge in [-0.2, -0.15) is 0 Å². The summed E-state index contributed by atoms with van der Waals surface area (Å²) in [5, 5.41) is 3.04. The number of nitrogens with zero attached hydrogens (tertiary/aromatic N) is 1. The molecule has 0 aliphatic carbocycles. The minimum Gasteiger partial charge on any atom is -0.456 e. The number of ether oxygens (including phenoxy) is 1. The number of phosphoric acid groups is 1. The van der Waals surface area contributed by atoms with Crippen molar-refractivity contribution in [1.29, 1.82) is 0 Å². The van der Waals surface area contributed by atoms with Gasteiger partial charge in [0.1, 0.15) is 19.3 Å². The summed E-state index contributed by atoms with van der Waals surface area (Å²) in [4.78, 5) is 37.7. The van der Waals surface area contributed by atoms with E-state index in [1.165, 1.54) is 173 Å². The van der Waals surface area contributed by atoms with Crippen LogP contribution in [0.4, 0.5) is 0 Å². The van der Waals surface area contributed by atoms with Crippen LogP contribution in [0, 0.1) is 0 Å². The van der Waals surface area contributed by atoms with Crippen LogP contribution < -0.4 is 5.32 Å². The fourth-order valence-corrected chi connectivity index (χ4v) is 9.85. The first kappa shape index (κ1) is 74.5. The molecule has 0 heterocycles. The number of phosphoric ester groups is 1. The first-order valence-corrected chi connectivity index (χ1v) is 33.8. The Kier molecular flexibility index (Phi) is 54.8. The van der Waals surface area contributed by atoms with Crippen LogP contribution in [0.25, 0.3) is 0 Å². The fraction of sp³-hybridized carbons (Fsp3) is 0.791. The van der Waals surface area contributed by atoms with Crippen LogP contribution in [0.1, 0.15) is 290 Å². The molecule has 0 saturated carbocycles. The smallest absolute Gasteiger partial charge is 0.456 e. The molecule has 0 aliphatic heterocycles. The molecule has 0 saturated heterocycles. The molecular formula is C67H124N2O7P+. The standard InChI is InChI=1S/C67H123N2O7P/c1-7-10-13-16-19-22-25-28-30-32-33-34-35-36-37-38-40-42-45-48-51-54-57-60-67(71)76-65(58-55-52-49-46-43-27-24-21-18-15-12-9-3)64(63-75-77(72,73)74-62-61-69(4,5)6)68-66(70)59-56-53-50-47-44-41-39-31-29-26-23-20-17-14-11-8-2/h19,22,28,30-31,33-34,39,41,44,55,58,64-65H,7-18,20-21,23-27,29,32,35-38,40,42-43,45-54,56-57,59-63H2,1-6H3,(H-,68,70,72,73)/p+1/b22-19-,30-28-,34-33-,39-31+,44-41+,58-55-. The Balaban J connectivity index is 5.22. The van der Waals surface area contributed by atoms with Crippen molar-refractivity contribution < 1.29 is 37.3 Å². The zero-order chi connectivity index (χ0) is 56.4. The molecule has 0 aliphatic rings. The van der Waals surface area contributed by atoms with Gasteiger partial charge < -0.3 is 19.4 Å². The topological polar surface area (TPSA) is 111 Å². The lowest BCUT2D eigenvalue weighted by Crippen LogP contribution is -2.47. The lowest BCUT2D eigenvalue weighted by Gasteiger charge is -2.27. The molecule has 1 amide bonds. The number of esters is 1. The number of carbonyl (C=O) groups is 2. The van der Waals surface area contributed by atoms with Crippen molar-refractivity contribution in [2.24, 2.45) is 0 Å². The summed E-state index contributed by atoms with van der Waals surface area (Å²) in [7, 11) is 1.48. The van der Waals surface area contributed by atoms with Gasteiger partial charge in [-0.05, 0) is 96.0 Å². The molecule has 9 nitrogen and oxygen atoms in total. The predicted octanol–water partition coefficient (Wildman–Crippen LogP) is 20.0. The van der Waals surface area contributed by atoms with Crippen molar-refractivity contribution in [3.8, 4) is 0 Å². The Morgan fingerprint density at radius 2 is 0.831 bits per heavy atom. The molecule has 0 aromatic carbocycles. The fourth-order valence-electron chi connectivity index (χ4n) is 9.11. The Morgan fingerprint density at radius 3 is 1.30 bits per heavy atom. The summed E-state index contributed by atoms with van der Waals surface area (Å²) in [6.07, 6.45) is 73.3. The van der Waals surface area contributed by atoms with E-state index in [4.69, 9.17) is 13.8 Å². The Labute approximate surface area is 476 Å². The second kappa shape index (κ2) is 56.7. The molecule has 3 atom stereocenters. The molecule has 10 heteroatoms. The molecule has 448 valence electrons. The number of carbonyl (C=O) groups excluding carboxylic acids is 2. The summed E-state index contributed by atoms with van der Waals surface area (Å²) in [6, 6.07) is -0.866. The average Bonchev–Trinajstić information content (AvgIpc) is 3.39. The van der Waals surface area contributed by atoms with E-state index in [9.17, 15) is 19.0 Å². The first-order valence-electron chi connectivity index (χ1n) is 32.3. The van der Waals surface area contributed by atoms with E-state index in [0.717, 1.165) is 77.0 Å². The van der Waals surface area contributed by atoms with E-state index in [1.807, 2.05) is 33.3 Å².